The third kappa shape index (κ3) is 6.01. The number of carbonyl (C=O) groups is 3. The number of nitrogens with two attached hydrogens (primary N) is 1. The molecule has 1 aliphatic heterocycles. The zero-order valence-electron chi connectivity index (χ0n) is 18.5. The normalized spacial score (nSPS) is 14.9. The number of hydrogen-bond acceptors (Lipinski definition) is 7. The molecule has 1 aliphatic rings. The number of sulfone groups is 1. The Kier molecular flexibility index (Phi) is 6.78. The van der Waals surface area contributed by atoms with Crippen LogP contribution in [0.2, 0.25) is 0 Å². The molecule has 4 rings (SSSR count). The molecular formula is C24H22N4O6S. The van der Waals surface area contributed by atoms with Gasteiger partial charge in [-0.05, 0) is 48.0 Å². The first-order chi connectivity index (χ1) is 16.7. The number of aromatic nitrogens is 1. The number of rotatable bonds is 7. The molecule has 2 heterocycles. The van der Waals surface area contributed by atoms with Crippen molar-refractivity contribution in [3.63, 3.8) is 0 Å². The van der Waals surface area contributed by atoms with Crippen molar-refractivity contribution in [2.45, 2.75) is 6.61 Å². The lowest BCUT2D eigenvalue weighted by Gasteiger charge is -2.26. The summed E-state index contributed by atoms with van der Waals surface area (Å²) < 4.78 is 28.9. The topological polar surface area (TPSA) is 149 Å². The van der Waals surface area contributed by atoms with Crippen LogP contribution in [0.1, 0.15) is 26.3 Å². The summed E-state index contributed by atoms with van der Waals surface area (Å²) in [4.78, 5) is 41.4. The number of amides is 3. The summed E-state index contributed by atoms with van der Waals surface area (Å²) in [6, 6.07) is 15.0. The average molecular weight is 495 g/mol. The van der Waals surface area contributed by atoms with Crippen molar-refractivity contribution in [2.24, 2.45) is 5.73 Å². The Balaban J connectivity index is 1.38. The molecule has 2 aromatic carbocycles. The smallest absolute Gasteiger partial charge is 0.255 e. The predicted octanol–water partition coefficient (Wildman–Crippen LogP) is 1.77. The first-order valence-electron chi connectivity index (χ1n) is 10.6. The van der Waals surface area contributed by atoms with Crippen molar-refractivity contribution < 1.29 is 27.5 Å². The van der Waals surface area contributed by atoms with E-state index < -0.39 is 27.4 Å². The van der Waals surface area contributed by atoms with E-state index in [0.29, 0.717) is 22.7 Å². The van der Waals surface area contributed by atoms with E-state index in [1.54, 1.807) is 42.5 Å². The van der Waals surface area contributed by atoms with Gasteiger partial charge in [-0.25, -0.2) is 8.42 Å². The Morgan fingerprint density at radius 1 is 1.06 bits per heavy atom. The largest absolute Gasteiger partial charge is 0.487 e. The molecule has 1 fully saturated rings. The monoisotopic (exact) mass is 494 g/mol. The molecule has 0 spiro atoms. The second kappa shape index (κ2) is 9.94. The molecule has 0 saturated carbocycles. The number of primary amides is 1. The fourth-order valence-corrected chi connectivity index (χ4v) is 4.64. The van der Waals surface area contributed by atoms with Crippen molar-refractivity contribution in [2.75, 3.05) is 28.3 Å². The van der Waals surface area contributed by atoms with E-state index in [0.717, 1.165) is 5.56 Å². The van der Waals surface area contributed by atoms with Crippen LogP contribution in [0.15, 0.2) is 67.0 Å². The molecule has 0 atom stereocenters. The molecule has 1 aromatic heterocycles. The van der Waals surface area contributed by atoms with Crippen LogP contribution in [0.3, 0.4) is 0 Å². The van der Waals surface area contributed by atoms with Crippen LogP contribution >= 0.6 is 0 Å². The minimum absolute atomic E-state index is 0.0878. The van der Waals surface area contributed by atoms with Crippen molar-refractivity contribution >= 4 is 38.9 Å². The van der Waals surface area contributed by atoms with E-state index in [-0.39, 0.29) is 30.4 Å². The van der Waals surface area contributed by atoms with E-state index in [4.69, 9.17) is 10.5 Å². The summed E-state index contributed by atoms with van der Waals surface area (Å²) in [7, 11) is -3.34. The Morgan fingerprint density at radius 3 is 2.54 bits per heavy atom. The Morgan fingerprint density at radius 2 is 1.83 bits per heavy atom. The highest BCUT2D eigenvalue weighted by atomic mass is 32.2. The minimum Gasteiger partial charge on any atom is -0.487 e. The molecule has 35 heavy (non-hydrogen) atoms. The van der Waals surface area contributed by atoms with E-state index in [2.05, 4.69) is 10.3 Å². The summed E-state index contributed by atoms with van der Waals surface area (Å²) in [5, 5.41) is 2.81. The van der Waals surface area contributed by atoms with Crippen LogP contribution < -0.4 is 20.7 Å². The molecule has 180 valence electrons. The number of anilines is 2. The standard InChI is InChI=1S/C24H22N4O6S/c25-23(30)18-11-21(13-26-12-18)34-14-16-2-1-3-19(10-16)27-24(31)17-4-6-20(7-5-17)28-8-9-35(32,33)15-22(28)29/h1-7,10-13H,8-9,14-15H2,(H2,25,30)(H,27,31). The van der Waals surface area contributed by atoms with Gasteiger partial charge in [0.25, 0.3) is 5.91 Å². The summed E-state index contributed by atoms with van der Waals surface area (Å²) >= 11 is 0. The van der Waals surface area contributed by atoms with Crippen molar-refractivity contribution in [1.29, 1.82) is 0 Å². The second-order valence-electron chi connectivity index (χ2n) is 7.90. The SMILES string of the molecule is NC(=O)c1cncc(OCc2cccc(NC(=O)c3ccc(N4CCS(=O)(=O)CC4=O)cc3)c2)c1. The minimum atomic E-state index is -3.34. The zero-order valence-corrected chi connectivity index (χ0v) is 19.3. The van der Waals surface area contributed by atoms with Gasteiger partial charge in [0.1, 0.15) is 18.1 Å². The number of nitrogens with one attached hydrogen (secondary N) is 1. The molecule has 0 aliphatic carbocycles. The highest BCUT2D eigenvalue weighted by Crippen LogP contribution is 2.20. The molecule has 11 heteroatoms. The van der Waals surface area contributed by atoms with Crippen LogP contribution in [-0.4, -0.2) is 49.2 Å². The van der Waals surface area contributed by atoms with Gasteiger partial charge in [-0.15, -0.1) is 0 Å². The lowest BCUT2D eigenvalue weighted by atomic mass is 10.1. The van der Waals surface area contributed by atoms with E-state index in [1.165, 1.54) is 23.4 Å². The van der Waals surface area contributed by atoms with Crippen LogP contribution in [0.5, 0.6) is 5.75 Å². The Labute approximate surface area is 201 Å². The fourth-order valence-electron chi connectivity index (χ4n) is 3.50. The van der Waals surface area contributed by atoms with Gasteiger partial charge in [0.15, 0.2) is 9.84 Å². The fraction of sp³-hybridized carbons (Fsp3) is 0.167. The highest BCUT2D eigenvalue weighted by Gasteiger charge is 2.29. The number of nitrogens with zero attached hydrogens (tertiary/aromatic N) is 2. The van der Waals surface area contributed by atoms with Gasteiger partial charge in [-0.1, -0.05) is 12.1 Å². The van der Waals surface area contributed by atoms with Crippen molar-refractivity contribution in [1.82, 2.24) is 4.98 Å². The van der Waals surface area contributed by atoms with Crippen LogP contribution in [0.4, 0.5) is 11.4 Å². The Hall–Kier alpha value is -4.25. The maximum Gasteiger partial charge on any atom is 0.255 e. The van der Waals surface area contributed by atoms with E-state index in [1.807, 2.05) is 6.07 Å². The van der Waals surface area contributed by atoms with Crippen LogP contribution in [0, 0.1) is 0 Å². The van der Waals surface area contributed by atoms with Gasteiger partial charge in [0.2, 0.25) is 11.8 Å². The number of benzene rings is 2. The molecule has 3 aromatic rings. The summed E-state index contributed by atoms with van der Waals surface area (Å²) in [6.07, 6.45) is 2.82. The molecule has 0 bridgehead atoms. The summed E-state index contributed by atoms with van der Waals surface area (Å²) in [5.41, 5.74) is 7.74. The van der Waals surface area contributed by atoms with Crippen LogP contribution in [0.25, 0.3) is 0 Å². The molecular weight excluding hydrogens is 472 g/mol. The number of pyridine rings is 1. The number of ether oxygens (including phenoxy) is 1. The number of carbonyl (C=O) groups excluding carboxylic acids is 3. The third-order valence-electron chi connectivity index (χ3n) is 5.30. The van der Waals surface area contributed by atoms with Crippen molar-refractivity contribution in [3.05, 3.63) is 83.7 Å². The highest BCUT2D eigenvalue weighted by molar-refractivity contribution is 7.92. The van der Waals surface area contributed by atoms with Gasteiger partial charge in [-0.2, -0.15) is 0 Å². The quantitative estimate of drug-likeness (QED) is 0.508. The van der Waals surface area contributed by atoms with Gasteiger partial charge in [0.05, 0.1) is 17.5 Å². The van der Waals surface area contributed by atoms with Gasteiger partial charge < -0.3 is 20.7 Å². The molecule has 1 saturated heterocycles. The second-order valence-corrected chi connectivity index (χ2v) is 10.1. The molecule has 3 N–H and O–H groups in total. The zero-order chi connectivity index (χ0) is 25.0. The lowest BCUT2D eigenvalue weighted by Crippen LogP contribution is -2.45. The van der Waals surface area contributed by atoms with Crippen molar-refractivity contribution in [3.8, 4) is 5.75 Å². The summed E-state index contributed by atoms with van der Waals surface area (Å²) in [6.45, 7) is 0.270. The molecule has 0 radical (unpaired) electrons. The number of hydrogen-bond donors (Lipinski definition) is 2. The third-order valence-corrected chi connectivity index (χ3v) is 6.79. The maximum absolute atomic E-state index is 12.7. The lowest BCUT2D eigenvalue weighted by molar-refractivity contribution is -0.116. The van der Waals surface area contributed by atoms with E-state index >= 15 is 0 Å². The van der Waals surface area contributed by atoms with E-state index in [9.17, 15) is 22.8 Å². The van der Waals surface area contributed by atoms with Gasteiger partial charge >= 0.3 is 0 Å². The Bertz CT molecular complexity index is 1390. The summed E-state index contributed by atoms with van der Waals surface area (Å²) in [5.74, 6) is -1.64. The maximum atomic E-state index is 12.7. The molecule has 3 amide bonds. The van der Waals surface area contributed by atoms with Gasteiger partial charge in [0, 0.05) is 29.7 Å². The first kappa shape index (κ1) is 23.9. The van der Waals surface area contributed by atoms with Gasteiger partial charge in [-0.3, -0.25) is 19.4 Å². The molecule has 10 nitrogen and oxygen atoms in total. The molecule has 0 unspecified atom stereocenters. The first-order valence-corrected chi connectivity index (χ1v) is 12.4. The predicted molar refractivity (Wildman–Crippen MR) is 129 cm³/mol. The van der Waals surface area contributed by atoms with Crippen LogP contribution in [-0.2, 0) is 21.2 Å². The average Bonchev–Trinajstić information content (AvgIpc) is 2.83.